The fourth-order valence-electron chi connectivity index (χ4n) is 2.53. The lowest BCUT2D eigenvalue weighted by atomic mass is 10.00. The molecule has 1 aliphatic rings. The van der Waals surface area contributed by atoms with E-state index in [2.05, 4.69) is 22.9 Å². The Hall–Kier alpha value is -1.59. The van der Waals surface area contributed by atoms with Crippen molar-refractivity contribution in [2.75, 3.05) is 6.54 Å². The van der Waals surface area contributed by atoms with Gasteiger partial charge >= 0.3 is 0 Å². The second-order valence-electron chi connectivity index (χ2n) is 5.66. The quantitative estimate of drug-likeness (QED) is 0.787. The highest BCUT2D eigenvalue weighted by molar-refractivity contribution is 5.94. The van der Waals surface area contributed by atoms with Crippen LogP contribution in [0.2, 0.25) is 0 Å². The van der Waals surface area contributed by atoms with Gasteiger partial charge in [-0.1, -0.05) is 12.1 Å². The molecule has 2 amide bonds. The third-order valence-electron chi connectivity index (χ3n) is 3.72. The number of carbonyl (C=O) groups is 2. The average molecular weight is 326 g/mol. The molecule has 1 saturated heterocycles. The normalized spacial score (nSPS) is 20.6. The van der Waals surface area contributed by atoms with Gasteiger partial charge in [-0.3, -0.25) is 9.59 Å². The van der Waals surface area contributed by atoms with Crippen molar-refractivity contribution in [2.45, 2.75) is 45.3 Å². The van der Waals surface area contributed by atoms with Crippen LogP contribution in [-0.2, 0) is 11.3 Å². The predicted molar refractivity (Wildman–Crippen MR) is 89.2 cm³/mol. The molecule has 6 heteroatoms. The Labute approximate surface area is 137 Å². The van der Waals surface area contributed by atoms with Crippen LogP contribution in [0.5, 0.6) is 0 Å². The Morgan fingerprint density at radius 3 is 2.55 bits per heavy atom. The van der Waals surface area contributed by atoms with Crippen LogP contribution >= 0.6 is 12.4 Å². The largest absolute Gasteiger partial charge is 0.352 e. The topological polar surface area (TPSA) is 70.2 Å². The molecule has 0 radical (unpaired) electrons. The average Bonchev–Trinajstić information content (AvgIpc) is 2.45. The molecule has 1 heterocycles. The minimum atomic E-state index is -0.0585. The van der Waals surface area contributed by atoms with Crippen LogP contribution in [0.15, 0.2) is 24.3 Å². The molecule has 5 nitrogen and oxygen atoms in total. The van der Waals surface area contributed by atoms with Crippen molar-refractivity contribution >= 4 is 24.2 Å². The van der Waals surface area contributed by atoms with Crippen LogP contribution in [0.1, 0.15) is 42.6 Å². The van der Waals surface area contributed by atoms with Crippen LogP contribution in [0.3, 0.4) is 0 Å². The van der Waals surface area contributed by atoms with Gasteiger partial charge in [0, 0.05) is 31.1 Å². The second-order valence-corrected chi connectivity index (χ2v) is 5.66. The smallest absolute Gasteiger partial charge is 0.251 e. The second kappa shape index (κ2) is 8.76. The number of hydrogen-bond donors (Lipinski definition) is 3. The number of nitrogens with one attached hydrogen (secondary N) is 3. The van der Waals surface area contributed by atoms with Crippen LogP contribution in [0, 0.1) is 0 Å². The van der Waals surface area contributed by atoms with E-state index in [0.29, 0.717) is 18.2 Å². The fourth-order valence-corrected chi connectivity index (χ4v) is 2.53. The van der Waals surface area contributed by atoms with E-state index in [-0.39, 0.29) is 30.3 Å². The van der Waals surface area contributed by atoms with Gasteiger partial charge in [0.25, 0.3) is 5.91 Å². The van der Waals surface area contributed by atoms with Gasteiger partial charge in [-0.05, 0) is 44.0 Å². The van der Waals surface area contributed by atoms with Crippen LogP contribution in [0.25, 0.3) is 0 Å². The first-order valence-corrected chi connectivity index (χ1v) is 7.42. The van der Waals surface area contributed by atoms with Gasteiger partial charge in [-0.15, -0.1) is 12.4 Å². The van der Waals surface area contributed by atoms with Crippen LogP contribution in [0.4, 0.5) is 0 Å². The highest BCUT2D eigenvalue weighted by Gasteiger charge is 2.20. The lowest BCUT2D eigenvalue weighted by molar-refractivity contribution is -0.119. The number of hydrogen-bond acceptors (Lipinski definition) is 3. The number of amides is 2. The summed E-state index contributed by atoms with van der Waals surface area (Å²) in [6.45, 7) is 5.06. The molecule has 2 unspecified atom stereocenters. The molecule has 0 aromatic heterocycles. The van der Waals surface area contributed by atoms with Crippen molar-refractivity contribution in [3.05, 3.63) is 35.4 Å². The van der Waals surface area contributed by atoms with Crippen LogP contribution < -0.4 is 16.0 Å². The third kappa shape index (κ3) is 5.66. The van der Waals surface area contributed by atoms with E-state index >= 15 is 0 Å². The number of benzene rings is 1. The summed E-state index contributed by atoms with van der Waals surface area (Å²) in [6.07, 6.45) is 1.93. The highest BCUT2D eigenvalue weighted by atomic mass is 35.5. The minimum Gasteiger partial charge on any atom is -0.352 e. The summed E-state index contributed by atoms with van der Waals surface area (Å²) in [5.74, 6) is -0.0861. The molecule has 3 N–H and O–H groups in total. The zero-order chi connectivity index (χ0) is 15.2. The maximum Gasteiger partial charge on any atom is 0.251 e. The van der Waals surface area contributed by atoms with E-state index in [9.17, 15) is 9.59 Å². The first-order valence-electron chi connectivity index (χ1n) is 7.42. The molecule has 122 valence electrons. The summed E-state index contributed by atoms with van der Waals surface area (Å²) in [6, 6.07) is 8.04. The zero-order valence-electron chi connectivity index (χ0n) is 13.0. The van der Waals surface area contributed by atoms with Gasteiger partial charge in [0.1, 0.15) is 0 Å². The van der Waals surface area contributed by atoms with E-state index in [1.165, 1.54) is 6.92 Å². The summed E-state index contributed by atoms with van der Waals surface area (Å²) in [5.41, 5.74) is 1.64. The Morgan fingerprint density at radius 2 is 1.95 bits per heavy atom. The first kappa shape index (κ1) is 18.5. The van der Waals surface area contributed by atoms with Gasteiger partial charge in [0.05, 0.1) is 0 Å². The molecule has 0 saturated carbocycles. The monoisotopic (exact) mass is 325 g/mol. The molecule has 2 atom stereocenters. The number of halogens is 1. The highest BCUT2D eigenvalue weighted by Crippen LogP contribution is 2.10. The molecular weight excluding hydrogens is 302 g/mol. The molecule has 22 heavy (non-hydrogen) atoms. The van der Waals surface area contributed by atoms with E-state index in [0.717, 1.165) is 24.9 Å². The van der Waals surface area contributed by atoms with E-state index < -0.39 is 0 Å². The predicted octanol–water partition coefficient (Wildman–Crippen LogP) is 1.61. The SMILES string of the molecule is CC(=O)NCc1ccc(C(=O)NC2CCNC(C)C2)cc1.Cl. The summed E-state index contributed by atoms with van der Waals surface area (Å²) < 4.78 is 0. The molecule has 1 aromatic carbocycles. The Morgan fingerprint density at radius 1 is 1.27 bits per heavy atom. The van der Waals surface area contributed by atoms with E-state index in [4.69, 9.17) is 0 Å². The molecule has 0 bridgehead atoms. The minimum absolute atomic E-state index is 0. The Kier molecular flexibility index (Phi) is 7.35. The fraction of sp³-hybridized carbons (Fsp3) is 0.500. The lowest BCUT2D eigenvalue weighted by Crippen LogP contribution is -2.46. The summed E-state index contributed by atoms with van der Waals surface area (Å²) in [4.78, 5) is 23.1. The van der Waals surface area contributed by atoms with Gasteiger partial charge in [-0.25, -0.2) is 0 Å². The first-order chi connectivity index (χ1) is 10.0. The van der Waals surface area contributed by atoms with Crippen LogP contribution in [-0.4, -0.2) is 30.4 Å². The van der Waals surface area contributed by atoms with Crippen molar-refractivity contribution in [2.24, 2.45) is 0 Å². The van der Waals surface area contributed by atoms with Gasteiger partial charge in [-0.2, -0.15) is 0 Å². The van der Waals surface area contributed by atoms with Crippen molar-refractivity contribution in [1.82, 2.24) is 16.0 Å². The standard InChI is InChI=1S/C16H23N3O2.ClH/c1-11-9-15(7-8-17-11)19-16(21)14-5-3-13(4-6-14)10-18-12(2)20;/h3-6,11,15,17H,7-10H2,1-2H3,(H,18,20)(H,19,21);1H. The molecular formula is C16H24ClN3O2. The number of carbonyl (C=O) groups excluding carboxylic acids is 2. The van der Waals surface area contributed by atoms with Gasteiger partial charge < -0.3 is 16.0 Å². The summed E-state index contributed by atoms with van der Waals surface area (Å²) in [7, 11) is 0. The van der Waals surface area contributed by atoms with E-state index in [1.54, 1.807) is 12.1 Å². The van der Waals surface area contributed by atoms with E-state index in [1.807, 2.05) is 12.1 Å². The van der Waals surface area contributed by atoms with Crippen molar-refractivity contribution in [3.8, 4) is 0 Å². The summed E-state index contributed by atoms with van der Waals surface area (Å²) in [5, 5.41) is 9.19. The molecule has 2 rings (SSSR count). The van der Waals surface area contributed by atoms with Gasteiger partial charge in [0.2, 0.25) is 5.91 Å². The van der Waals surface area contributed by atoms with Crippen molar-refractivity contribution in [1.29, 1.82) is 0 Å². The van der Waals surface area contributed by atoms with Crippen molar-refractivity contribution < 1.29 is 9.59 Å². The zero-order valence-corrected chi connectivity index (χ0v) is 13.8. The molecule has 1 aromatic rings. The third-order valence-corrected chi connectivity index (χ3v) is 3.72. The number of piperidine rings is 1. The number of rotatable bonds is 4. The molecule has 0 aliphatic carbocycles. The lowest BCUT2D eigenvalue weighted by Gasteiger charge is -2.28. The molecule has 1 aliphatic heterocycles. The van der Waals surface area contributed by atoms with Gasteiger partial charge in [0.15, 0.2) is 0 Å². The summed E-state index contributed by atoms with van der Waals surface area (Å²) >= 11 is 0. The maximum absolute atomic E-state index is 12.2. The Balaban J connectivity index is 0.00000242. The Bertz CT molecular complexity index is 505. The molecule has 0 spiro atoms. The molecule has 1 fully saturated rings. The maximum atomic E-state index is 12.2. The van der Waals surface area contributed by atoms with Crippen molar-refractivity contribution in [3.63, 3.8) is 0 Å².